The molecule has 0 unspecified atom stereocenters. The predicted octanol–water partition coefficient (Wildman–Crippen LogP) is 6.41. The minimum absolute atomic E-state index is 0.0704. The first-order valence-electron chi connectivity index (χ1n) is 14.6. The van der Waals surface area contributed by atoms with Crippen LogP contribution in [0.3, 0.4) is 0 Å². The second-order valence-corrected chi connectivity index (χ2v) is 11.0. The van der Waals surface area contributed by atoms with Gasteiger partial charge in [-0.2, -0.15) is 0 Å². The summed E-state index contributed by atoms with van der Waals surface area (Å²) in [5, 5.41) is 10.9. The van der Waals surface area contributed by atoms with Gasteiger partial charge in [-0.05, 0) is 63.3 Å². The lowest BCUT2D eigenvalue weighted by atomic mass is 9.98. The fourth-order valence-corrected chi connectivity index (χ4v) is 4.42. The van der Waals surface area contributed by atoms with E-state index >= 15 is 0 Å². The number of benzene rings is 2. The van der Waals surface area contributed by atoms with E-state index in [2.05, 4.69) is 4.98 Å². The number of esters is 2. The van der Waals surface area contributed by atoms with Crippen LogP contribution in [0.1, 0.15) is 98.7 Å². The molecule has 0 aliphatic carbocycles. The van der Waals surface area contributed by atoms with Gasteiger partial charge in [-0.25, -0.2) is 19.4 Å². The Labute approximate surface area is 252 Å². The van der Waals surface area contributed by atoms with Gasteiger partial charge in [0.25, 0.3) is 0 Å². The third-order valence-corrected chi connectivity index (χ3v) is 6.48. The fourth-order valence-electron chi connectivity index (χ4n) is 4.42. The molecule has 0 saturated heterocycles. The van der Waals surface area contributed by atoms with Gasteiger partial charge in [0, 0.05) is 13.0 Å². The van der Waals surface area contributed by atoms with E-state index in [1.54, 1.807) is 38.3 Å². The van der Waals surface area contributed by atoms with Crippen molar-refractivity contribution < 1.29 is 38.4 Å². The van der Waals surface area contributed by atoms with Gasteiger partial charge in [-0.3, -0.25) is 0 Å². The Morgan fingerprint density at radius 3 is 2.26 bits per heavy atom. The maximum atomic E-state index is 13.3. The van der Waals surface area contributed by atoms with Crippen LogP contribution in [0, 0.1) is 0 Å². The van der Waals surface area contributed by atoms with E-state index in [1.165, 1.54) is 0 Å². The number of carbonyl (C=O) groups is 3. The minimum Gasteiger partial charge on any atom is -0.462 e. The average Bonchev–Trinajstić information content (AvgIpc) is 3.31. The Hall–Kier alpha value is -4.18. The van der Waals surface area contributed by atoms with Crippen molar-refractivity contribution in [1.29, 1.82) is 0 Å². The summed E-state index contributed by atoms with van der Waals surface area (Å²) in [6.45, 7) is 10.4. The van der Waals surface area contributed by atoms with Crippen molar-refractivity contribution in [2.24, 2.45) is 0 Å². The number of aromatic nitrogens is 2. The van der Waals surface area contributed by atoms with Crippen LogP contribution < -0.4 is 0 Å². The topological polar surface area (TPSA) is 126 Å². The van der Waals surface area contributed by atoms with Gasteiger partial charge in [-0.1, -0.05) is 62.7 Å². The van der Waals surface area contributed by atoms with Gasteiger partial charge in [-0.15, -0.1) is 0 Å². The molecule has 2 aromatic carbocycles. The molecular formula is C33H42N2O8. The van der Waals surface area contributed by atoms with Gasteiger partial charge in [0.05, 0.1) is 18.3 Å². The highest BCUT2D eigenvalue weighted by molar-refractivity contribution is 5.97. The number of unbranched alkanes of at least 4 members (excludes halogenated alkanes) is 1. The highest BCUT2D eigenvalue weighted by atomic mass is 16.8. The maximum absolute atomic E-state index is 13.3. The van der Waals surface area contributed by atoms with Gasteiger partial charge < -0.3 is 28.6 Å². The van der Waals surface area contributed by atoms with Gasteiger partial charge in [0.1, 0.15) is 17.1 Å². The monoisotopic (exact) mass is 594 g/mol. The molecule has 10 nitrogen and oxygen atoms in total. The Bertz CT molecular complexity index is 1390. The largest absolute Gasteiger partial charge is 0.511 e. The number of nitrogens with zero attached hydrogens (tertiary/aromatic N) is 2. The molecule has 0 bridgehead atoms. The van der Waals surface area contributed by atoms with Crippen LogP contribution in [0.2, 0.25) is 0 Å². The Balaban J connectivity index is 1.90. The first-order valence-corrected chi connectivity index (χ1v) is 14.6. The lowest BCUT2D eigenvalue weighted by molar-refractivity contribution is -0.0355. The summed E-state index contributed by atoms with van der Waals surface area (Å²) in [4.78, 5) is 42.4. The maximum Gasteiger partial charge on any atom is 0.511 e. The molecule has 1 heterocycles. The van der Waals surface area contributed by atoms with Crippen LogP contribution >= 0.6 is 0 Å². The van der Waals surface area contributed by atoms with E-state index < -0.39 is 24.5 Å². The number of hydrogen-bond donors (Lipinski definition) is 1. The second kappa shape index (κ2) is 15.3. The molecule has 10 heteroatoms. The van der Waals surface area contributed by atoms with Crippen LogP contribution in [0.25, 0.3) is 11.1 Å². The molecule has 0 aliphatic heterocycles. The van der Waals surface area contributed by atoms with E-state index in [9.17, 15) is 19.5 Å². The van der Waals surface area contributed by atoms with E-state index in [0.717, 1.165) is 36.0 Å². The van der Waals surface area contributed by atoms with Crippen molar-refractivity contribution in [3.8, 4) is 11.1 Å². The van der Waals surface area contributed by atoms with Crippen molar-refractivity contribution in [1.82, 2.24) is 9.55 Å². The van der Waals surface area contributed by atoms with Crippen LogP contribution in [-0.4, -0.2) is 52.3 Å². The molecule has 43 heavy (non-hydrogen) atoms. The summed E-state index contributed by atoms with van der Waals surface area (Å²) >= 11 is 0. The van der Waals surface area contributed by atoms with Crippen molar-refractivity contribution in [2.45, 2.75) is 85.5 Å². The normalized spacial score (nSPS) is 11.3. The first kappa shape index (κ1) is 33.3. The number of ether oxygens (including phenoxy) is 4. The molecule has 232 valence electrons. The molecular weight excluding hydrogens is 552 g/mol. The standard InChI is InChI=1S/C33H42N2O8/c1-7-9-19-40-30(36)26-14-11-10-13-25(26)24-17-15-23(16-18-24)20-35-27(12-8-2)34-29(33(5,6)39)28(35)31(37)41-21-42-32(38)43-22(3)4/h10-11,13-18,22,39H,7-9,12,19-21H2,1-6H3. The highest BCUT2D eigenvalue weighted by Gasteiger charge is 2.32. The van der Waals surface area contributed by atoms with Crippen molar-refractivity contribution in [3.63, 3.8) is 0 Å². The van der Waals surface area contributed by atoms with Crippen LogP contribution in [0.4, 0.5) is 4.79 Å². The molecule has 1 N–H and O–H groups in total. The number of carbonyl (C=O) groups excluding carboxylic acids is 3. The summed E-state index contributed by atoms with van der Waals surface area (Å²) in [5.41, 5.74) is 1.74. The van der Waals surface area contributed by atoms with Crippen LogP contribution in [0.15, 0.2) is 48.5 Å². The second-order valence-electron chi connectivity index (χ2n) is 11.0. The zero-order chi connectivity index (χ0) is 31.6. The molecule has 0 amide bonds. The number of hydrogen-bond acceptors (Lipinski definition) is 9. The van der Waals surface area contributed by atoms with Crippen molar-refractivity contribution >= 4 is 18.1 Å². The van der Waals surface area contributed by atoms with E-state index in [-0.39, 0.29) is 30.0 Å². The zero-order valence-corrected chi connectivity index (χ0v) is 25.8. The Morgan fingerprint density at radius 2 is 1.63 bits per heavy atom. The average molecular weight is 595 g/mol. The number of aryl methyl sites for hydroxylation is 1. The summed E-state index contributed by atoms with van der Waals surface area (Å²) in [5.74, 6) is -0.549. The van der Waals surface area contributed by atoms with Gasteiger partial charge >= 0.3 is 18.1 Å². The molecule has 0 radical (unpaired) electrons. The highest BCUT2D eigenvalue weighted by Crippen LogP contribution is 2.28. The summed E-state index contributed by atoms with van der Waals surface area (Å²) < 4.78 is 22.2. The SMILES string of the molecule is CCCCOC(=O)c1ccccc1-c1ccc(Cn2c(CCC)nc(C(C)(C)O)c2C(=O)OCOC(=O)OC(C)C)cc1. The first-order chi connectivity index (χ1) is 20.5. The number of rotatable bonds is 14. The zero-order valence-electron chi connectivity index (χ0n) is 25.8. The molecule has 3 aromatic rings. The van der Waals surface area contributed by atoms with E-state index in [0.29, 0.717) is 24.4 Å². The molecule has 0 aliphatic rings. The van der Waals surface area contributed by atoms with Crippen molar-refractivity contribution in [2.75, 3.05) is 13.4 Å². The number of imidazole rings is 1. The summed E-state index contributed by atoms with van der Waals surface area (Å²) in [6.07, 6.45) is 1.71. The molecule has 1 aromatic heterocycles. The summed E-state index contributed by atoms with van der Waals surface area (Å²) in [6, 6.07) is 15.0. The molecule has 3 rings (SSSR count). The Morgan fingerprint density at radius 1 is 0.930 bits per heavy atom. The van der Waals surface area contributed by atoms with Gasteiger partial charge in [0.15, 0.2) is 5.69 Å². The fraction of sp³-hybridized carbons (Fsp3) is 0.455. The van der Waals surface area contributed by atoms with E-state index in [4.69, 9.17) is 18.9 Å². The molecule has 0 atom stereocenters. The van der Waals surface area contributed by atoms with E-state index in [1.807, 2.05) is 56.3 Å². The molecule has 0 saturated carbocycles. The van der Waals surface area contributed by atoms with Crippen LogP contribution in [0.5, 0.6) is 0 Å². The molecule has 0 spiro atoms. The smallest absolute Gasteiger partial charge is 0.462 e. The number of aliphatic hydroxyl groups is 1. The third-order valence-electron chi connectivity index (χ3n) is 6.48. The lowest BCUT2D eigenvalue weighted by Gasteiger charge is -2.18. The van der Waals surface area contributed by atoms with Crippen molar-refractivity contribution in [3.05, 3.63) is 76.9 Å². The quantitative estimate of drug-likeness (QED) is 0.0975. The van der Waals surface area contributed by atoms with Crippen LogP contribution in [-0.2, 0) is 37.5 Å². The summed E-state index contributed by atoms with van der Waals surface area (Å²) in [7, 11) is 0. The molecule has 0 fully saturated rings. The lowest BCUT2D eigenvalue weighted by Crippen LogP contribution is -2.24. The third kappa shape index (κ3) is 9.15. The minimum atomic E-state index is -1.45. The van der Waals surface area contributed by atoms with Gasteiger partial charge in [0.2, 0.25) is 6.79 Å². The Kier molecular flexibility index (Phi) is 11.9. The predicted molar refractivity (Wildman–Crippen MR) is 161 cm³/mol.